The van der Waals surface area contributed by atoms with Gasteiger partial charge in [0.25, 0.3) is 5.91 Å². The molecule has 1 aliphatic rings. The van der Waals surface area contributed by atoms with Gasteiger partial charge in [0.2, 0.25) is 11.8 Å². The Hall–Kier alpha value is -1.99. The summed E-state index contributed by atoms with van der Waals surface area (Å²) in [6.07, 6.45) is 0. The van der Waals surface area contributed by atoms with E-state index in [0.717, 1.165) is 6.07 Å². The number of carbonyl (C=O) groups is 1. The number of carbonyl (C=O) groups excluding carboxylic acids is 1. The minimum absolute atomic E-state index is 0.0741. The second-order valence-corrected chi connectivity index (χ2v) is 5.74. The predicted octanol–water partition coefficient (Wildman–Crippen LogP) is 2.69. The van der Waals surface area contributed by atoms with E-state index in [0.29, 0.717) is 30.5 Å². The van der Waals surface area contributed by atoms with E-state index in [9.17, 15) is 9.18 Å². The molecule has 0 radical (unpaired) electrons. The maximum Gasteiger partial charge on any atom is 0.256 e. The minimum atomic E-state index is -0.487. The molecule has 8 heteroatoms. The molecule has 23 heavy (non-hydrogen) atoms. The summed E-state index contributed by atoms with van der Waals surface area (Å²) in [6.45, 7) is 4.27. The lowest BCUT2D eigenvalue weighted by molar-refractivity contribution is -0.0106. The molecule has 1 aromatic heterocycles. The number of ether oxygens (including phenoxy) is 1. The summed E-state index contributed by atoms with van der Waals surface area (Å²) in [5.74, 6) is -0.0426. The number of aromatic nitrogens is 2. The highest BCUT2D eigenvalue weighted by atomic mass is 35.5. The Morgan fingerprint density at radius 2 is 2.17 bits per heavy atom. The van der Waals surface area contributed by atoms with Gasteiger partial charge in [0.15, 0.2) is 0 Å². The van der Waals surface area contributed by atoms with Gasteiger partial charge in [0.1, 0.15) is 11.9 Å². The van der Waals surface area contributed by atoms with Crippen molar-refractivity contribution in [3.8, 4) is 0 Å². The van der Waals surface area contributed by atoms with Crippen LogP contribution in [0.2, 0.25) is 5.02 Å². The molecule has 0 bridgehead atoms. The summed E-state index contributed by atoms with van der Waals surface area (Å²) in [7, 11) is 0. The Morgan fingerprint density at radius 1 is 1.39 bits per heavy atom. The van der Waals surface area contributed by atoms with Crippen molar-refractivity contribution in [2.24, 2.45) is 0 Å². The van der Waals surface area contributed by atoms with Crippen LogP contribution in [-0.4, -0.2) is 40.8 Å². The molecule has 0 aliphatic carbocycles. The standard InChI is InChI=1S/C15H15ClFN3O3/c1-8-5-10(11(16)6-12(8)17)15(21)20-3-4-22-7-13(20)14-19-18-9(2)23-14/h5-6,13H,3-4,7H2,1-2H3/t13-/m1/s1. The molecule has 1 amide bonds. The van der Waals surface area contributed by atoms with Crippen molar-refractivity contribution < 1.29 is 18.3 Å². The highest BCUT2D eigenvalue weighted by molar-refractivity contribution is 6.33. The molecule has 3 rings (SSSR count). The zero-order valence-electron chi connectivity index (χ0n) is 12.7. The van der Waals surface area contributed by atoms with Crippen LogP contribution in [0.15, 0.2) is 16.5 Å². The van der Waals surface area contributed by atoms with Crippen LogP contribution in [0.25, 0.3) is 0 Å². The van der Waals surface area contributed by atoms with Crippen LogP contribution < -0.4 is 0 Å². The van der Waals surface area contributed by atoms with Crippen molar-refractivity contribution in [1.29, 1.82) is 0 Å². The predicted molar refractivity (Wildman–Crippen MR) is 79.8 cm³/mol. The van der Waals surface area contributed by atoms with Crippen LogP contribution in [-0.2, 0) is 4.74 Å². The van der Waals surface area contributed by atoms with E-state index in [4.69, 9.17) is 20.8 Å². The van der Waals surface area contributed by atoms with E-state index in [2.05, 4.69) is 10.2 Å². The van der Waals surface area contributed by atoms with E-state index in [1.54, 1.807) is 18.7 Å². The van der Waals surface area contributed by atoms with Crippen LogP contribution in [0.3, 0.4) is 0 Å². The van der Waals surface area contributed by atoms with Crippen molar-refractivity contribution in [1.82, 2.24) is 15.1 Å². The van der Waals surface area contributed by atoms with Gasteiger partial charge in [0.05, 0.1) is 23.8 Å². The largest absolute Gasteiger partial charge is 0.423 e. The van der Waals surface area contributed by atoms with Crippen LogP contribution in [0.5, 0.6) is 0 Å². The maximum atomic E-state index is 13.5. The molecule has 1 aromatic carbocycles. The monoisotopic (exact) mass is 339 g/mol. The number of nitrogens with zero attached hydrogens (tertiary/aromatic N) is 3. The second-order valence-electron chi connectivity index (χ2n) is 5.33. The summed E-state index contributed by atoms with van der Waals surface area (Å²) in [5, 5.41) is 7.83. The summed E-state index contributed by atoms with van der Waals surface area (Å²) in [5.41, 5.74) is 0.602. The minimum Gasteiger partial charge on any atom is -0.423 e. The number of halogens is 2. The van der Waals surface area contributed by atoms with Crippen molar-refractivity contribution in [3.05, 3.63) is 45.9 Å². The van der Waals surface area contributed by atoms with Gasteiger partial charge in [-0.2, -0.15) is 0 Å². The van der Waals surface area contributed by atoms with Gasteiger partial charge in [-0.1, -0.05) is 11.6 Å². The normalized spacial score (nSPS) is 18.3. The van der Waals surface area contributed by atoms with Gasteiger partial charge < -0.3 is 14.1 Å². The molecular weight excluding hydrogens is 325 g/mol. The van der Waals surface area contributed by atoms with Crippen LogP contribution >= 0.6 is 11.6 Å². The molecule has 0 unspecified atom stereocenters. The Bertz CT molecular complexity index is 750. The molecule has 0 N–H and O–H groups in total. The van der Waals surface area contributed by atoms with Crippen LogP contribution in [0.1, 0.15) is 33.7 Å². The molecule has 6 nitrogen and oxygen atoms in total. The Kier molecular flexibility index (Phi) is 4.32. The fourth-order valence-electron chi connectivity index (χ4n) is 2.47. The maximum absolute atomic E-state index is 13.5. The average molecular weight is 340 g/mol. The first-order valence-electron chi connectivity index (χ1n) is 7.11. The Balaban J connectivity index is 1.94. The van der Waals surface area contributed by atoms with Crippen molar-refractivity contribution >= 4 is 17.5 Å². The van der Waals surface area contributed by atoms with Crippen LogP contribution in [0, 0.1) is 19.7 Å². The number of hydrogen-bond donors (Lipinski definition) is 0. The first-order chi connectivity index (χ1) is 11.0. The Morgan fingerprint density at radius 3 is 2.87 bits per heavy atom. The van der Waals surface area contributed by atoms with Crippen molar-refractivity contribution in [3.63, 3.8) is 0 Å². The fraction of sp³-hybridized carbons (Fsp3) is 0.400. The molecule has 1 atom stereocenters. The molecule has 1 aliphatic heterocycles. The highest BCUT2D eigenvalue weighted by Crippen LogP contribution is 2.28. The zero-order chi connectivity index (χ0) is 16.6. The molecular formula is C15H15ClFN3O3. The smallest absolute Gasteiger partial charge is 0.256 e. The molecule has 122 valence electrons. The molecule has 2 heterocycles. The van der Waals surface area contributed by atoms with Crippen molar-refractivity contribution in [2.45, 2.75) is 19.9 Å². The third-order valence-corrected chi connectivity index (χ3v) is 4.01. The SMILES string of the molecule is Cc1nnc([C@H]2COCCN2C(=O)c2cc(C)c(F)cc2Cl)o1. The third-order valence-electron chi connectivity index (χ3n) is 3.69. The summed E-state index contributed by atoms with van der Waals surface area (Å²) >= 11 is 6.04. The second kappa shape index (κ2) is 6.25. The Labute approximate surface area is 137 Å². The molecule has 0 saturated carbocycles. The lowest BCUT2D eigenvalue weighted by Gasteiger charge is -2.33. The van der Waals surface area contributed by atoms with E-state index in [1.807, 2.05) is 0 Å². The molecule has 2 aromatic rings. The van der Waals surface area contributed by atoms with Crippen LogP contribution in [0.4, 0.5) is 4.39 Å². The average Bonchev–Trinajstić information content (AvgIpc) is 2.96. The summed E-state index contributed by atoms with van der Waals surface area (Å²) in [6, 6.07) is 2.11. The van der Waals surface area contributed by atoms with E-state index < -0.39 is 11.9 Å². The highest BCUT2D eigenvalue weighted by Gasteiger charge is 2.34. The van der Waals surface area contributed by atoms with E-state index >= 15 is 0 Å². The first kappa shape index (κ1) is 15.9. The summed E-state index contributed by atoms with van der Waals surface area (Å²) < 4.78 is 24.4. The number of amides is 1. The molecule has 1 saturated heterocycles. The third kappa shape index (κ3) is 3.07. The van der Waals surface area contributed by atoms with E-state index in [-0.39, 0.29) is 23.1 Å². The molecule has 0 spiro atoms. The van der Waals surface area contributed by atoms with Gasteiger partial charge >= 0.3 is 0 Å². The lowest BCUT2D eigenvalue weighted by Crippen LogP contribution is -2.43. The van der Waals surface area contributed by atoms with Crippen molar-refractivity contribution in [2.75, 3.05) is 19.8 Å². The van der Waals surface area contributed by atoms with Gasteiger partial charge in [-0.15, -0.1) is 10.2 Å². The van der Waals surface area contributed by atoms with Gasteiger partial charge in [-0.05, 0) is 24.6 Å². The number of aryl methyl sites for hydroxylation is 2. The lowest BCUT2D eigenvalue weighted by atomic mass is 10.1. The topological polar surface area (TPSA) is 68.5 Å². The number of rotatable bonds is 2. The number of morpholine rings is 1. The summed E-state index contributed by atoms with van der Waals surface area (Å²) in [4.78, 5) is 14.4. The number of benzene rings is 1. The van der Waals surface area contributed by atoms with E-state index in [1.165, 1.54) is 6.07 Å². The van der Waals surface area contributed by atoms with Gasteiger partial charge in [0, 0.05) is 13.5 Å². The van der Waals surface area contributed by atoms with Gasteiger partial charge in [-0.25, -0.2) is 4.39 Å². The van der Waals surface area contributed by atoms with Gasteiger partial charge in [-0.3, -0.25) is 4.79 Å². The fourth-order valence-corrected chi connectivity index (χ4v) is 2.70. The number of hydrogen-bond acceptors (Lipinski definition) is 5. The zero-order valence-corrected chi connectivity index (χ0v) is 13.4. The quantitative estimate of drug-likeness (QED) is 0.841. The molecule has 1 fully saturated rings. The first-order valence-corrected chi connectivity index (χ1v) is 7.49.